The van der Waals surface area contributed by atoms with Crippen LogP contribution in [0.25, 0.3) is 0 Å². The van der Waals surface area contributed by atoms with Crippen LogP contribution in [0, 0.1) is 11.8 Å². The monoisotopic (exact) mass is 352 g/mol. The molecule has 1 aliphatic heterocycles. The van der Waals surface area contributed by atoms with Crippen molar-refractivity contribution in [2.75, 3.05) is 26.2 Å². The Kier molecular flexibility index (Phi) is 5.94. The van der Waals surface area contributed by atoms with Crippen molar-refractivity contribution < 1.29 is 9.53 Å². The molecule has 0 unspecified atom stereocenters. The van der Waals surface area contributed by atoms with Crippen molar-refractivity contribution in [2.24, 2.45) is 17.6 Å². The van der Waals surface area contributed by atoms with Crippen LogP contribution >= 0.6 is 0 Å². The molecule has 3 rings (SSSR count). The van der Waals surface area contributed by atoms with E-state index in [1.54, 1.807) is 0 Å². The first kappa shape index (κ1) is 18.5. The molecule has 138 valence electrons. The van der Waals surface area contributed by atoms with Crippen LogP contribution in [-0.4, -0.2) is 37.0 Å². The van der Waals surface area contributed by atoms with E-state index in [0.29, 0.717) is 43.0 Å². The summed E-state index contributed by atoms with van der Waals surface area (Å²) in [6.45, 7) is 6.92. The van der Waals surface area contributed by atoms with Gasteiger partial charge in [-0.25, -0.2) is 0 Å². The lowest BCUT2D eigenvalue weighted by atomic mass is 9.89. The Morgan fingerprint density at radius 3 is 2.42 bits per heavy atom. The smallest absolute Gasteiger partial charge is 0.253 e. The number of hydrogen-bond donors (Lipinski definition) is 1. The predicted octanol–water partition coefficient (Wildman–Crippen LogP) is 3.54. The van der Waals surface area contributed by atoms with Crippen LogP contribution in [-0.2, 0) is 0 Å². The van der Waals surface area contributed by atoms with E-state index in [2.05, 4.69) is 26.0 Å². The highest BCUT2D eigenvalue weighted by atomic mass is 16.5. The highest BCUT2D eigenvalue weighted by Crippen LogP contribution is 2.32. The zero-order valence-corrected chi connectivity index (χ0v) is 15.6. The zero-order valence-electron chi connectivity index (χ0n) is 15.6. The Balaban J connectivity index is 1.68. The van der Waals surface area contributed by atoms with Gasteiger partial charge in [-0.05, 0) is 48.2 Å². The van der Waals surface area contributed by atoms with E-state index in [-0.39, 0.29) is 5.91 Å². The summed E-state index contributed by atoms with van der Waals surface area (Å²) in [5.74, 6) is 1.95. The molecule has 2 aromatic rings. The number of benzene rings is 2. The van der Waals surface area contributed by atoms with Crippen LogP contribution in [0.15, 0.2) is 54.6 Å². The summed E-state index contributed by atoms with van der Waals surface area (Å²) in [7, 11) is 0. The summed E-state index contributed by atoms with van der Waals surface area (Å²) < 4.78 is 5.70. The van der Waals surface area contributed by atoms with E-state index in [1.807, 2.05) is 47.4 Å². The highest BCUT2D eigenvalue weighted by Gasteiger charge is 2.35. The topological polar surface area (TPSA) is 55.6 Å². The second-order valence-corrected chi connectivity index (χ2v) is 7.45. The molecule has 2 aromatic carbocycles. The number of ether oxygens (including phenoxy) is 1. The van der Waals surface area contributed by atoms with Crippen molar-refractivity contribution in [3.8, 4) is 5.75 Å². The lowest BCUT2D eigenvalue weighted by Crippen LogP contribution is -2.29. The number of amides is 1. The van der Waals surface area contributed by atoms with Gasteiger partial charge in [-0.1, -0.05) is 44.2 Å². The van der Waals surface area contributed by atoms with Gasteiger partial charge in [0.05, 0.1) is 6.61 Å². The van der Waals surface area contributed by atoms with Crippen LogP contribution in [0.5, 0.6) is 5.75 Å². The van der Waals surface area contributed by atoms with Crippen molar-refractivity contribution in [1.82, 2.24) is 4.90 Å². The van der Waals surface area contributed by atoms with Gasteiger partial charge in [0, 0.05) is 24.6 Å². The predicted molar refractivity (Wildman–Crippen MR) is 104 cm³/mol. The molecule has 1 fully saturated rings. The van der Waals surface area contributed by atoms with Crippen molar-refractivity contribution in [2.45, 2.75) is 19.8 Å². The summed E-state index contributed by atoms with van der Waals surface area (Å²) in [6.07, 6.45) is 0. The van der Waals surface area contributed by atoms with Gasteiger partial charge in [0.25, 0.3) is 5.91 Å². The fourth-order valence-corrected chi connectivity index (χ4v) is 3.49. The van der Waals surface area contributed by atoms with Gasteiger partial charge in [0.1, 0.15) is 5.75 Å². The third-order valence-electron chi connectivity index (χ3n) is 4.94. The first-order chi connectivity index (χ1) is 12.6. The number of hydrogen-bond acceptors (Lipinski definition) is 3. The Bertz CT molecular complexity index is 713. The maximum atomic E-state index is 12.9. The van der Waals surface area contributed by atoms with E-state index in [4.69, 9.17) is 10.5 Å². The average Bonchev–Trinajstić information content (AvgIpc) is 3.11. The molecule has 1 heterocycles. The van der Waals surface area contributed by atoms with Crippen molar-refractivity contribution >= 4 is 5.91 Å². The molecule has 26 heavy (non-hydrogen) atoms. The van der Waals surface area contributed by atoms with Crippen molar-refractivity contribution in [3.63, 3.8) is 0 Å². The van der Waals surface area contributed by atoms with Gasteiger partial charge in [0.2, 0.25) is 0 Å². The highest BCUT2D eigenvalue weighted by molar-refractivity contribution is 5.94. The van der Waals surface area contributed by atoms with Gasteiger partial charge in [-0.15, -0.1) is 0 Å². The number of carbonyl (C=O) groups excluding carboxylic acids is 1. The molecular formula is C22H28N2O2. The summed E-state index contributed by atoms with van der Waals surface area (Å²) in [6, 6.07) is 17.8. The van der Waals surface area contributed by atoms with Gasteiger partial charge >= 0.3 is 0 Å². The van der Waals surface area contributed by atoms with E-state index in [1.165, 1.54) is 5.56 Å². The first-order valence-electron chi connectivity index (χ1n) is 9.35. The van der Waals surface area contributed by atoms with Crippen LogP contribution in [0.2, 0.25) is 0 Å². The molecule has 0 aliphatic carbocycles. The third-order valence-corrected chi connectivity index (χ3v) is 4.94. The maximum absolute atomic E-state index is 12.9. The molecule has 4 nitrogen and oxygen atoms in total. The zero-order chi connectivity index (χ0) is 18.5. The Morgan fingerprint density at radius 1 is 1.12 bits per heavy atom. The minimum Gasteiger partial charge on any atom is -0.493 e. The Labute approximate surface area is 156 Å². The molecule has 0 spiro atoms. The second-order valence-electron chi connectivity index (χ2n) is 7.45. The summed E-state index contributed by atoms with van der Waals surface area (Å²) in [5, 5.41) is 0. The van der Waals surface area contributed by atoms with Gasteiger partial charge in [-0.2, -0.15) is 0 Å². The Morgan fingerprint density at radius 2 is 1.81 bits per heavy atom. The van der Waals surface area contributed by atoms with Crippen LogP contribution < -0.4 is 10.5 Å². The minimum atomic E-state index is 0.0669. The van der Waals surface area contributed by atoms with E-state index >= 15 is 0 Å². The molecule has 2 atom stereocenters. The van der Waals surface area contributed by atoms with E-state index in [0.717, 1.165) is 12.3 Å². The molecule has 2 N–H and O–H groups in total. The fourth-order valence-electron chi connectivity index (χ4n) is 3.49. The summed E-state index contributed by atoms with van der Waals surface area (Å²) in [4.78, 5) is 14.8. The molecule has 1 aliphatic rings. The molecular weight excluding hydrogens is 324 g/mol. The number of carbonyl (C=O) groups is 1. The van der Waals surface area contributed by atoms with Gasteiger partial charge in [0.15, 0.2) is 0 Å². The second kappa shape index (κ2) is 8.37. The first-order valence-corrected chi connectivity index (χ1v) is 9.35. The standard InChI is InChI=1S/C22H28N2O2/c1-16(2)15-26-20-10-8-18(9-11-20)22(25)24-13-19(12-23)21(14-24)17-6-4-3-5-7-17/h3-11,16,19,21H,12-15,23H2,1-2H3/t19-,21+/m1/s1. The summed E-state index contributed by atoms with van der Waals surface area (Å²) in [5.41, 5.74) is 7.95. The number of nitrogens with zero attached hydrogens (tertiary/aromatic N) is 1. The van der Waals surface area contributed by atoms with Crippen LogP contribution in [0.3, 0.4) is 0 Å². The number of nitrogens with two attached hydrogens (primary N) is 1. The average molecular weight is 352 g/mol. The van der Waals surface area contributed by atoms with E-state index in [9.17, 15) is 4.79 Å². The quantitative estimate of drug-likeness (QED) is 0.865. The van der Waals surface area contributed by atoms with Gasteiger partial charge in [-0.3, -0.25) is 4.79 Å². The maximum Gasteiger partial charge on any atom is 0.253 e. The molecule has 1 saturated heterocycles. The van der Waals surface area contributed by atoms with Crippen LogP contribution in [0.4, 0.5) is 0 Å². The largest absolute Gasteiger partial charge is 0.493 e. The third kappa shape index (κ3) is 4.25. The minimum absolute atomic E-state index is 0.0669. The van der Waals surface area contributed by atoms with Crippen LogP contribution in [0.1, 0.15) is 35.7 Å². The molecule has 0 aromatic heterocycles. The molecule has 0 bridgehead atoms. The Hall–Kier alpha value is -2.33. The number of likely N-dealkylation sites (tertiary alicyclic amines) is 1. The number of rotatable bonds is 6. The van der Waals surface area contributed by atoms with Crippen molar-refractivity contribution in [1.29, 1.82) is 0 Å². The normalized spacial score (nSPS) is 19.8. The molecule has 4 heteroatoms. The van der Waals surface area contributed by atoms with Crippen molar-refractivity contribution in [3.05, 3.63) is 65.7 Å². The molecule has 1 amide bonds. The molecule has 0 radical (unpaired) electrons. The summed E-state index contributed by atoms with van der Waals surface area (Å²) >= 11 is 0. The fraction of sp³-hybridized carbons (Fsp3) is 0.409. The van der Waals surface area contributed by atoms with Gasteiger partial charge < -0.3 is 15.4 Å². The lowest BCUT2D eigenvalue weighted by Gasteiger charge is -2.17. The molecule has 0 saturated carbocycles. The van der Waals surface area contributed by atoms with E-state index < -0.39 is 0 Å². The lowest BCUT2D eigenvalue weighted by molar-refractivity contribution is 0.0786. The SMILES string of the molecule is CC(C)COc1ccc(C(=O)N2C[C@@H](CN)[C@H](c3ccccc3)C2)cc1.